The Balaban J connectivity index is 1.31. The van der Waals surface area contributed by atoms with Gasteiger partial charge in [-0.05, 0) is 65.2 Å². The van der Waals surface area contributed by atoms with Crippen molar-refractivity contribution in [2.75, 3.05) is 12.1 Å². The zero-order valence-corrected chi connectivity index (χ0v) is 23.3. The first-order valence-corrected chi connectivity index (χ1v) is 14.1. The van der Waals surface area contributed by atoms with E-state index in [0.29, 0.717) is 0 Å². The average Bonchev–Trinajstić information content (AvgIpc) is 3.72. The SMILES string of the molecule is COc1ccc(-c2nn(-c3ccccc3)cc2[C@H]2CC(c3ccc(-c4ccccc4)cc3)=NN2c2ccccc2)cc1. The van der Waals surface area contributed by atoms with Gasteiger partial charge in [0.25, 0.3) is 0 Å². The molecule has 0 saturated heterocycles. The van der Waals surface area contributed by atoms with Crippen LogP contribution < -0.4 is 9.75 Å². The number of aromatic nitrogens is 2. The van der Waals surface area contributed by atoms with Crippen LogP contribution in [0.1, 0.15) is 23.6 Å². The average molecular weight is 547 g/mol. The highest BCUT2D eigenvalue weighted by Crippen LogP contribution is 2.41. The summed E-state index contributed by atoms with van der Waals surface area (Å²) in [5.41, 5.74) is 9.73. The van der Waals surface area contributed by atoms with E-state index in [4.69, 9.17) is 14.9 Å². The Labute approximate surface area is 246 Å². The van der Waals surface area contributed by atoms with Crippen molar-refractivity contribution >= 4 is 11.4 Å². The third kappa shape index (κ3) is 4.97. The lowest BCUT2D eigenvalue weighted by Gasteiger charge is -2.23. The van der Waals surface area contributed by atoms with Gasteiger partial charge in [0.15, 0.2) is 0 Å². The van der Waals surface area contributed by atoms with Crippen LogP contribution >= 0.6 is 0 Å². The fraction of sp³-hybridized carbons (Fsp3) is 0.0811. The molecule has 0 spiro atoms. The smallest absolute Gasteiger partial charge is 0.118 e. The molecule has 42 heavy (non-hydrogen) atoms. The van der Waals surface area contributed by atoms with Gasteiger partial charge < -0.3 is 4.74 Å². The minimum absolute atomic E-state index is 0.0363. The molecule has 0 saturated carbocycles. The van der Waals surface area contributed by atoms with E-state index in [-0.39, 0.29) is 6.04 Å². The molecule has 1 atom stereocenters. The van der Waals surface area contributed by atoms with Gasteiger partial charge in [-0.25, -0.2) is 4.68 Å². The summed E-state index contributed by atoms with van der Waals surface area (Å²) in [7, 11) is 1.69. The van der Waals surface area contributed by atoms with Crippen LogP contribution in [-0.2, 0) is 0 Å². The van der Waals surface area contributed by atoms with Crippen molar-refractivity contribution in [3.05, 3.63) is 157 Å². The molecule has 5 nitrogen and oxygen atoms in total. The van der Waals surface area contributed by atoms with Crippen LogP contribution in [0.3, 0.4) is 0 Å². The van der Waals surface area contributed by atoms with E-state index in [1.165, 1.54) is 11.1 Å². The Morgan fingerprint density at radius 2 is 1.14 bits per heavy atom. The maximum absolute atomic E-state index is 5.43. The van der Waals surface area contributed by atoms with Crippen molar-refractivity contribution in [3.8, 4) is 33.8 Å². The molecule has 5 aromatic carbocycles. The highest BCUT2D eigenvalue weighted by atomic mass is 16.5. The van der Waals surface area contributed by atoms with Crippen molar-refractivity contribution in [2.24, 2.45) is 5.10 Å². The van der Waals surface area contributed by atoms with Crippen molar-refractivity contribution < 1.29 is 4.74 Å². The van der Waals surface area contributed by atoms with Gasteiger partial charge in [-0.1, -0.05) is 91.0 Å². The fourth-order valence-electron chi connectivity index (χ4n) is 5.55. The third-order valence-corrected chi connectivity index (χ3v) is 7.74. The predicted molar refractivity (Wildman–Crippen MR) is 170 cm³/mol. The largest absolute Gasteiger partial charge is 0.497 e. The molecule has 1 aromatic heterocycles. The number of nitrogens with zero attached hydrogens (tertiary/aromatic N) is 4. The standard InChI is InChI=1S/C37H30N4O/c1-42-33-23-21-30(22-24-33)37-34(26-40(39-37)31-13-7-3-8-14-31)36-25-35(38-41(36)32-15-9-4-10-16-32)29-19-17-28(18-20-29)27-11-5-2-6-12-27/h2-24,26,36H,25H2,1H3/t36-/m1/s1. The van der Waals surface area contributed by atoms with Crippen molar-refractivity contribution in [3.63, 3.8) is 0 Å². The Hall–Kier alpha value is -5.42. The molecule has 1 aliphatic rings. The van der Waals surface area contributed by atoms with Crippen LogP contribution in [0.4, 0.5) is 5.69 Å². The summed E-state index contributed by atoms with van der Waals surface area (Å²) < 4.78 is 7.41. The number of hydrazone groups is 1. The van der Waals surface area contributed by atoms with E-state index < -0.39 is 0 Å². The van der Waals surface area contributed by atoms with Gasteiger partial charge in [0.1, 0.15) is 5.75 Å². The quantitative estimate of drug-likeness (QED) is 0.201. The number of ether oxygens (including phenoxy) is 1. The minimum atomic E-state index is -0.0363. The van der Waals surface area contributed by atoms with Crippen LogP contribution in [0.5, 0.6) is 5.75 Å². The molecule has 7 rings (SSSR count). The fourth-order valence-corrected chi connectivity index (χ4v) is 5.55. The van der Waals surface area contributed by atoms with Crippen LogP contribution in [0.2, 0.25) is 0 Å². The molecule has 1 aliphatic heterocycles. The number of para-hydroxylation sites is 2. The Morgan fingerprint density at radius 1 is 0.595 bits per heavy atom. The third-order valence-electron chi connectivity index (χ3n) is 7.74. The summed E-state index contributed by atoms with van der Waals surface area (Å²) >= 11 is 0. The van der Waals surface area contributed by atoms with Gasteiger partial charge in [-0.2, -0.15) is 10.2 Å². The summed E-state index contributed by atoms with van der Waals surface area (Å²) in [6, 6.07) is 47.9. The minimum Gasteiger partial charge on any atom is -0.497 e. The summed E-state index contributed by atoms with van der Waals surface area (Å²) in [5.74, 6) is 0.819. The van der Waals surface area contributed by atoms with Crippen LogP contribution in [0, 0.1) is 0 Å². The molecule has 6 aromatic rings. The van der Waals surface area contributed by atoms with E-state index in [9.17, 15) is 0 Å². The van der Waals surface area contributed by atoms with E-state index in [1.54, 1.807) is 7.11 Å². The number of anilines is 1. The monoisotopic (exact) mass is 546 g/mol. The van der Waals surface area contributed by atoms with E-state index in [0.717, 1.165) is 51.6 Å². The lowest BCUT2D eigenvalue weighted by Crippen LogP contribution is -2.18. The molecule has 2 heterocycles. The number of methoxy groups -OCH3 is 1. The molecular formula is C37H30N4O. The van der Waals surface area contributed by atoms with Gasteiger partial charge in [0.2, 0.25) is 0 Å². The zero-order chi connectivity index (χ0) is 28.3. The van der Waals surface area contributed by atoms with E-state index in [1.807, 2.05) is 47.1 Å². The van der Waals surface area contributed by atoms with E-state index in [2.05, 4.69) is 108 Å². The van der Waals surface area contributed by atoms with Crippen molar-refractivity contribution in [1.82, 2.24) is 9.78 Å². The molecule has 0 radical (unpaired) electrons. The van der Waals surface area contributed by atoms with Gasteiger partial charge in [0.05, 0.1) is 35.9 Å². The second-order valence-corrected chi connectivity index (χ2v) is 10.3. The molecule has 5 heteroatoms. The maximum atomic E-state index is 5.43. The van der Waals surface area contributed by atoms with Crippen molar-refractivity contribution in [2.45, 2.75) is 12.5 Å². The molecule has 0 fully saturated rings. The Morgan fingerprint density at radius 3 is 1.79 bits per heavy atom. The van der Waals surface area contributed by atoms with Crippen molar-refractivity contribution in [1.29, 1.82) is 0 Å². The molecule has 0 bridgehead atoms. The van der Waals surface area contributed by atoms with Crippen LogP contribution in [0.15, 0.2) is 151 Å². The molecule has 0 unspecified atom stereocenters. The zero-order valence-electron chi connectivity index (χ0n) is 23.3. The molecule has 0 amide bonds. The topological polar surface area (TPSA) is 42.6 Å². The number of rotatable bonds is 7. The Kier molecular flexibility index (Phi) is 6.82. The van der Waals surface area contributed by atoms with Crippen LogP contribution in [0.25, 0.3) is 28.1 Å². The predicted octanol–water partition coefficient (Wildman–Crippen LogP) is 8.57. The van der Waals surface area contributed by atoms with Gasteiger partial charge >= 0.3 is 0 Å². The first-order chi connectivity index (χ1) is 20.8. The second-order valence-electron chi connectivity index (χ2n) is 10.3. The number of hydrogen-bond acceptors (Lipinski definition) is 4. The molecule has 204 valence electrons. The summed E-state index contributed by atoms with van der Waals surface area (Å²) in [5, 5.41) is 12.5. The molecular weight excluding hydrogens is 516 g/mol. The first kappa shape index (κ1) is 25.5. The van der Waals surface area contributed by atoms with Gasteiger partial charge in [-0.3, -0.25) is 5.01 Å². The molecule has 0 aliphatic carbocycles. The maximum Gasteiger partial charge on any atom is 0.118 e. The summed E-state index contributed by atoms with van der Waals surface area (Å²) in [4.78, 5) is 0. The first-order valence-electron chi connectivity index (χ1n) is 14.1. The summed E-state index contributed by atoms with van der Waals surface area (Å²) in [6.45, 7) is 0. The highest BCUT2D eigenvalue weighted by molar-refractivity contribution is 6.03. The Bertz CT molecular complexity index is 1810. The second kappa shape index (κ2) is 11.2. The van der Waals surface area contributed by atoms with Gasteiger partial charge in [-0.15, -0.1) is 0 Å². The number of hydrogen-bond donors (Lipinski definition) is 0. The number of benzene rings is 5. The highest BCUT2D eigenvalue weighted by Gasteiger charge is 2.33. The molecule has 0 N–H and O–H groups in total. The normalized spacial score (nSPS) is 14.5. The van der Waals surface area contributed by atoms with Crippen LogP contribution in [-0.4, -0.2) is 22.6 Å². The lowest BCUT2D eigenvalue weighted by molar-refractivity contribution is 0.415. The van der Waals surface area contributed by atoms with E-state index >= 15 is 0 Å². The van der Waals surface area contributed by atoms with Gasteiger partial charge in [0, 0.05) is 23.7 Å². The lowest BCUT2D eigenvalue weighted by atomic mass is 9.95. The summed E-state index contributed by atoms with van der Waals surface area (Å²) in [6.07, 6.45) is 2.91.